The molecule has 6 N–H and O–H groups in total. The molecule has 0 aromatic rings. The molecule has 0 rings (SSSR count). The second-order valence-electron chi connectivity index (χ2n) is 14.0. The van der Waals surface area contributed by atoms with Gasteiger partial charge in [0.05, 0.1) is 37.9 Å². The molecule has 0 aliphatic heterocycles. The molecule has 0 bridgehead atoms. The summed E-state index contributed by atoms with van der Waals surface area (Å²) in [5, 5.41) is 23.8. The van der Waals surface area contributed by atoms with Crippen LogP contribution < -0.4 is 11.1 Å². The van der Waals surface area contributed by atoms with E-state index in [0.29, 0.717) is 12.8 Å². The van der Waals surface area contributed by atoms with Crippen molar-refractivity contribution in [1.29, 1.82) is 0 Å². The zero-order valence-electron chi connectivity index (χ0n) is 32.7. The standard InChI is InChI=1S/C41H79N2O7P/c1-3-5-7-9-11-13-14-15-16-17-18-19-20-21-22-23-24-25-26-28-30-32-38(44)36-41(46)43-39(37-50-51(47,48)49-35-34-42)40(45)33-31-29-27-12-10-8-6-4-2/h10,12,21-22,31,33,38-40,44-45H,3-9,11,13-20,23-30,32,34-37,42H2,1-2H3,(H,43,46)(H,47,48)/b12-10+,22-21-,33-31+. The van der Waals surface area contributed by atoms with Crippen molar-refractivity contribution in [3.63, 3.8) is 0 Å². The molecule has 0 fully saturated rings. The van der Waals surface area contributed by atoms with Gasteiger partial charge in [0, 0.05) is 6.54 Å². The maximum atomic E-state index is 12.7. The summed E-state index contributed by atoms with van der Waals surface area (Å²) in [4.78, 5) is 22.6. The number of unbranched alkanes of at least 4 members (excludes halogenated alkanes) is 20. The van der Waals surface area contributed by atoms with E-state index in [1.165, 1.54) is 89.9 Å². The normalized spacial score (nSPS) is 15.2. The van der Waals surface area contributed by atoms with Gasteiger partial charge in [-0.25, -0.2) is 4.57 Å². The van der Waals surface area contributed by atoms with Crippen molar-refractivity contribution in [2.24, 2.45) is 5.73 Å². The number of rotatable bonds is 38. The first kappa shape index (κ1) is 49.7. The van der Waals surface area contributed by atoms with Crippen molar-refractivity contribution in [3.05, 3.63) is 36.5 Å². The number of phosphoric acid groups is 1. The smallest absolute Gasteiger partial charge is 0.393 e. The number of hydrogen-bond donors (Lipinski definition) is 5. The summed E-state index contributed by atoms with van der Waals surface area (Å²) in [6.07, 6.45) is 39.8. The average molecular weight is 743 g/mol. The van der Waals surface area contributed by atoms with Gasteiger partial charge in [-0.15, -0.1) is 0 Å². The van der Waals surface area contributed by atoms with E-state index in [9.17, 15) is 24.5 Å². The van der Waals surface area contributed by atoms with E-state index >= 15 is 0 Å². The maximum Gasteiger partial charge on any atom is 0.472 e. The maximum absolute atomic E-state index is 12.7. The van der Waals surface area contributed by atoms with Gasteiger partial charge >= 0.3 is 7.82 Å². The Labute approximate surface area is 312 Å². The van der Waals surface area contributed by atoms with Gasteiger partial charge in [0.25, 0.3) is 0 Å². The third kappa shape index (κ3) is 35.5. The van der Waals surface area contributed by atoms with Crippen LogP contribution in [0, 0.1) is 0 Å². The van der Waals surface area contributed by atoms with E-state index in [1.54, 1.807) is 6.08 Å². The fourth-order valence-corrected chi connectivity index (χ4v) is 6.58. The van der Waals surface area contributed by atoms with Gasteiger partial charge in [-0.1, -0.05) is 159 Å². The van der Waals surface area contributed by atoms with E-state index in [-0.39, 0.29) is 19.6 Å². The molecule has 0 aliphatic carbocycles. The average Bonchev–Trinajstić information content (AvgIpc) is 3.10. The van der Waals surface area contributed by atoms with E-state index in [0.717, 1.165) is 57.8 Å². The molecule has 4 atom stereocenters. The van der Waals surface area contributed by atoms with E-state index in [2.05, 4.69) is 43.5 Å². The Hall–Kier alpha value is -1.32. The van der Waals surface area contributed by atoms with Crippen LogP contribution in [0.3, 0.4) is 0 Å². The number of amides is 1. The molecule has 51 heavy (non-hydrogen) atoms. The largest absolute Gasteiger partial charge is 0.472 e. The molecule has 0 saturated heterocycles. The van der Waals surface area contributed by atoms with Gasteiger partial charge < -0.3 is 26.2 Å². The first-order chi connectivity index (χ1) is 24.8. The Kier molecular flexibility index (Phi) is 36.1. The summed E-state index contributed by atoms with van der Waals surface area (Å²) >= 11 is 0. The Morgan fingerprint density at radius 1 is 0.667 bits per heavy atom. The zero-order valence-corrected chi connectivity index (χ0v) is 33.6. The number of nitrogens with two attached hydrogens (primary N) is 1. The third-order valence-corrected chi connectivity index (χ3v) is 9.98. The Morgan fingerprint density at radius 3 is 1.69 bits per heavy atom. The molecule has 0 aromatic heterocycles. The van der Waals surface area contributed by atoms with Crippen molar-refractivity contribution < 1.29 is 33.5 Å². The molecule has 0 heterocycles. The number of carbonyl (C=O) groups excluding carboxylic acids is 1. The molecule has 0 aromatic carbocycles. The molecule has 1 amide bonds. The third-order valence-electron chi connectivity index (χ3n) is 8.99. The molecular formula is C41H79N2O7P. The highest BCUT2D eigenvalue weighted by Gasteiger charge is 2.27. The molecule has 300 valence electrons. The summed E-state index contributed by atoms with van der Waals surface area (Å²) in [5.41, 5.74) is 5.33. The van der Waals surface area contributed by atoms with Crippen LogP contribution in [-0.2, 0) is 18.4 Å². The van der Waals surface area contributed by atoms with Crippen molar-refractivity contribution in [3.8, 4) is 0 Å². The predicted octanol–water partition coefficient (Wildman–Crippen LogP) is 10.1. The van der Waals surface area contributed by atoms with Gasteiger partial charge in [0.2, 0.25) is 5.91 Å². The number of carbonyl (C=O) groups is 1. The lowest BCUT2D eigenvalue weighted by molar-refractivity contribution is -0.124. The summed E-state index contributed by atoms with van der Waals surface area (Å²) in [5.74, 6) is -0.464. The molecule has 0 spiro atoms. The first-order valence-electron chi connectivity index (χ1n) is 20.7. The predicted molar refractivity (Wildman–Crippen MR) is 214 cm³/mol. The van der Waals surface area contributed by atoms with Crippen LogP contribution in [0.5, 0.6) is 0 Å². The van der Waals surface area contributed by atoms with Crippen molar-refractivity contribution in [2.45, 2.75) is 199 Å². The summed E-state index contributed by atoms with van der Waals surface area (Å²) in [7, 11) is -4.40. The highest BCUT2D eigenvalue weighted by Crippen LogP contribution is 2.43. The molecule has 0 radical (unpaired) electrons. The fraction of sp³-hybridized carbons (Fsp3) is 0.829. The minimum Gasteiger partial charge on any atom is -0.393 e. The minimum atomic E-state index is -4.40. The minimum absolute atomic E-state index is 0.0428. The topological polar surface area (TPSA) is 151 Å². The second-order valence-corrected chi connectivity index (χ2v) is 15.5. The number of nitrogens with one attached hydrogen (secondary N) is 1. The number of aliphatic hydroxyl groups excluding tert-OH is 2. The molecule has 4 unspecified atom stereocenters. The van der Waals surface area contributed by atoms with Crippen LogP contribution in [0.15, 0.2) is 36.5 Å². The van der Waals surface area contributed by atoms with Gasteiger partial charge in [-0.05, 0) is 51.4 Å². The summed E-state index contributed by atoms with van der Waals surface area (Å²) in [6, 6.07) is -0.999. The van der Waals surface area contributed by atoms with E-state index < -0.39 is 38.6 Å². The van der Waals surface area contributed by atoms with E-state index in [1.807, 2.05) is 6.08 Å². The van der Waals surface area contributed by atoms with Crippen molar-refractivity contribution in [2.75, 3.05) is 19.8 Å². The number of allylic oxidation sites excluding steroid dienone is 5. The summed E-state index contributed by atoms with van der Waals surface area (Å²) in [6.45, 7) is 3.86. The number of phosphoric ester groups is 1. The lowest BCUT2D eigenvalue weighted by Crippen LogP contribution is -2.46. The zero-order chi connectivity index (χ0) is 37.7. The first-order valence-corrected chi connectivity index (χ1v) is 22.2. The lowest BCUT2D eigenvalue weighted by Gasteiger charge is -2.24. The highest BCUT2D eigenvalue weighted by molar-refractivity contribution is 7.47. The second kappa shape index (κ2) is 37.0. The SMILES string of the molecule is CCCC/C=C/CC/C=C/C(O)C(COP(=O)(O)OCCN)NC(=O)CC(O)CCCCCCC/C=C\CCCCCCCCCCCCCC. The number of aliphatic hydroxyl groups is 2. The van der Waals surface area contributed by atoms with Crippen LogP contribution >= 0.6 is 7.82 Å². The Bertz CT molecular complexity index is 914. The fourth-order valence-electron chi connectivity index (χ4n) is 5.82. The van der Waals surface area contributed by atoms with Gasteiger partial charge in [-0.3, -0.25) is 13.8 Å². The lowest BCUT2D eigenvalue weighted by atomic mass is 10.0. The molecular weight excluding hydrogens is 663 g/mol. The quantitative estimate of drug-likeness (QED) is 0.0238. The molecule has 0 aliphatic rings. The Morgan fingerprint density at radius 2 is 1.14 bits per heavy atom. The van der Waals surface area contributed by atoms with Crippen molar-refractivity contribution >= 4 is 13.7 Å². The van der Waals surface area contributed by atoms with Crippen LogP contribution in [0.2, 0.25) is 0 Å². The van der Waals surface area contributed by atoms with E-state index in [4.69, 9.17) is 14.8 Å². The van der Waals surface area contributed by atoms with Crippen LogP contribution in [0.1, 0.15) is 181 Å². The van der Waals surface area contributed by atoms with Gasteiger partial charge in [0.1, 0.15) is 0 Å². The number of hydrogen-bond acceptors (Lipinski definition) is 7. The van der Waals surface area contributed by atoms with Gasteiger partial charge in [0.15, 0.2) is 0 Å². The van der Waals surface area contributed by atoms with Crippen molar-refractivity contribution in [1.82, 2.24) is 5.32 Å². The monoisotopic (exact) mass is 743 g/mol. The highest BCUT2D eigenvalue weighted by atomic mass is 31.2. The molecule has 9 nitrogen and oxygen atoms in total. The molecule has 10 heteroatoms. The van der Waals surface area contributed by atoms with Crippen LogP contribution in [0.25, 0.3) is 0 Å². The van der Waals surface area contributed by atoms with Crippen LogP contribution in [-0.4, -0.2) is 59.0 Å². The van der Waals surface area contributed by atoms with Gasteiger partial charge in [-0.2, -0.15) is 0 Å². The molecule has 0 saturated carbocycles. The van der Waals surface area contributed by atoms with Crippen LogP contribution in [0.4, 0.5) is 0 Å². The summed E-state index contributed by atoms with van der Waals surface area (Å²) < 4.78 is 21.9. The Balaban J connectivity index is 4.17.